The number of phenols is 1. The van der Waals surface area contributed by atoms with Crippen molar-refractivity contribution in [1.29, 1.82) is 0 Å². The maximum atomic E-state index is 13.0. The predicted molar refractivity (Wildman–Crippen MR) is 110 cm³/mol. The summed E-state index contributed by atoms with van der Waals surface area (Å²) in [6.07, 6.45) is 2.27. The summed E-state index contributed by atoms with van der Waals surface area (Å²) in [5.74, 6) is 0.536. The second-order valence-corrected chi connectivity index (χ2v) is 6.56. The molecule has 1 heterocycles. The molecule has 0 aliphatic carbocycles. The first-order valence-electron chi connectivity index (χ1n) is 9.27. The van der Waals surface area contributed by atoms with Crippen LogP contribution < -0.4 is 19.6 Å². The van der Waals surface area contributed by atoms with Crippen LogP contribution in [0.15, 0.2) is 33.5 Å². The Morgan fingerprint density at radius 1 is 1.00 bits per heavy atom. The molecule has 0 radical (unpaired) electrons. The molecule has 0 spiro atoms. The van der Waals surface area contributed by atoms with Crippen LogP contribution in [-0.4, -0.2) is 31.5 Å². The molecule has 3 aromatic rings. The summed E-state index contributed by atoms with van der Waals surface area (Å²) in [5.41, 5.74) is 0.429. The van der Waals surface area contributed by atoms with Crippen LogP contribution in [0.5, 0.6) is 28.7 Å². The SMILES string of the molecule is CCCCc1c(O)cc2oc(-c3ccc(OC)c(OC)c3)c(O)c(=O)c2c1OC. The van der Waals surface area contributed by atoms with E-state index in [1.807, 2.05) is 6.92 Å². The van der Waals surface area contributed by atoms with Gasteiger partial charge in [-0.2, -0.15) is 0 Å². The maximum Gasteiger partial charge on any atom is 0.238 e. The minimum absolute atomic E-state index is 0.0186. The first-order chi connectivity index (χ1) is 14.0. The number of hydrogen-bond donors (Lipinski definition) is 2. The average molecular weight is 400 g/mol. The highest BCUT2D eigenvalue weighted by molar-refractivity contribution is 5.90. The van der Waals surface area contributed by atoms with Crippen LogP contribution in [-0.2, 0) is 6.42 Å². The normalized spacial score (nSPS) is 10.9. The second-order valence-electron chi connectivity index (χ2n) is 6.56. The Hall–Kier alpha value is -3.35. The molecule has 0 atom stereocenters. The van der Waals surface area contributed by atoms with Crippen molar-refractivity contribution in [3.63, 3.8) is 0 Å². The summed E-state index contributed by atoms with van der Waals surface area (Å²) in [6, 6.07) is 6.25. The van der Waals surface area contributed by atoms with E-state index < -0.39 is 11.2 Å². The van der Waals surface area contributed by atoms with Crippen molar-refractivity contribution < 1.29 is 28.8 Å². The lowest BCUT2D eigenvalue weighted by molar-refractivity contribution is 0.355. The van der Waals surface area contributed by atoms with E-state index in [-0.39, 0.29) is 28.2 Å². The highest BCUT2D eigenvalue weighted by Crippen LogP contribution is 2.41. The Morgan fingerprint density at radius 3 is 2.34 bits per heavy atom. The Labute approximate surface area is 168 Å². The molecule has 0 bridgehead atoms. The van der Waals surface area contributed by atoms with Gasteiger partial charge in [0, 0.05) is 17.2 Å². The lowest BCUT2D eigenvalue weighted by Crippen LogP contribution is -2.07. The molecule has 1 aromatic heterocycles. The van der Waals surface area contributed by atoms with E-state index in [9.17, 15) is 15.0 Å². The van der Waals surface area contributed by atoms with Crippen molar-refractivity contribution in [2.24, 2.45) is 0 Å². The molecule has 0 aliphatic rings. The van der Waals surface area contributed by atoms with Crippen molar-refractivity contribution in [2.75, 3.05) is 21.3 Å². The number of aromatic hydroxyl groups is 2. The van der Waals surface area contributed by atoms with Gasteiger partial charge in [-0.25, -0.2) is 0 Å². The molecule has 29 heavy (non-hydrogen) atoms. The third-order valence-corrected chi connectivity index (χ3v) is 4.82. The first kappa shape index (κ1) is 20.4. The van der Waals surface area contributed by atoms with E-state index in [4.69, 9.17) is 18.6 Å². The summed E-state index contributed by atoms with van der Waals surface area (Å²) in [5, 5.41) is 21.2. The predicted octanol–water partition coefficient (Wildman–Crippen LogP) is 4.24. The number of rotatable bonds is 7. The highest BCUT2D eigenvalue weighted by Gasteiger charge is 2.23. The minimum Gasteiger partial charge on any atom is -0.507 e. The van der Waals surface area contributed by atoms with Crippen molar-refractivity contribution in [2.45, 2.75) is 26.2 Å². The molecule has 0 unspecified atom stereocenters. The van der Waals surface area contributed by atoms with Gasteiger partial charge < -0.3 is 28.8 Å². The van der Waals surface area contributed by atoms with E-state index in [2.05, 4.69) is 0 Å². The van der Waals surface area contributed by atoms with Crippen LogP contribution in [0, 0.1) is 0 Å². The molecule has 154 valence electrons. The second kappa shape index (κ2) is 8.34. The van der Waals surface area contributed by atoms with Crippen LogP contribution in [0.2, 0.25) is 0 Å². The fraction of sp³-hybridized carbons (Fsp3) is 0.318. The van der Waals surface area contributed by atoms with Crippen LogP contribution in [0.1, 0.15) is 25.3 Å². The number of phenolic OH excluding ortho intramolecular Hbond substituents is 1. The maximum absolute atomic E-state index is 13.0. The average Bonchev–Trinajstić information content (AvgIpc) is 2.74. The zero-order valence-corrected chi connectivity index (χ0v) is 16.9. The molecule has 0 aliphatic heterocycles. The van der Waals surface area contributed by atoms with Gasteiger partial charge in [0.1, 0.15) is 22.5 Å². The molecule has 0 saturated carbocycles. The standard InChI is InChI=1S/C22H24O7/c1-5-6-7-13-14(23)11-17-18(22(13)28-4)19(24)20(25)21(29-17)12-8-9-15(26-2)16(10-12)27-3/h8-11,23,25H,5-7H2,1-4H3. The van der Waals surface area contributed by atoms with E-state index in [1.165, 1.54) is 27.4 Å². The Kier molecular flexibility index (Phi) is 5.87. The smallest absolute Gasteiger partial charge is 0.238 e. The van der Waals surface area contributed by atoms with Crippen molar-refractivity contribution in [1.82, 2.24) is 0 Å². The van der Waals surface area contributed by atoms with Crippen LogP contribution in [0.4, 0.5) is 0 Å². The molecule has 7 nitrogen and oxygen atoms in total. The molecular formula is C22H24O7. The van der Waals surface area contributed by atoms with Crippen molar-refractivity contribution in [3.8, 4) is 40.1 Å². The van der Waals surface area contributed by atoms with Gasteiger partial charge in [0.25, 0.3) is 0 Å². The van der Waals surface area contributed by atoms with E-state index in [0.717, 1.165) is 12.8 Å². The van der Waals surface area contributed by atoms with Crippen molar-refractivity contribution in [3.05, 3.63) is 40.1 Å². The fourth-order valence-corrected chi connectivity index (χ4v) is 3.33. The number of fused-ring (bicyclic) bond motifs is 1. The molecule has 0 fully saturated rings. The topological polar surface area (TPSA) is 98.4 Å². The number of benzene rings is 2. The van der Waals surface area contributed by atoms with Gasteiger partial charge >= 0.3 is 0 Å². The van der Waals surface area contributed by atoms with Gasteiger partial charge in [0.15, 0.2) is 17.3 Å². The van der Waals surface area contributed by atoms with Crippen LogP contribution >= 0.6 is 0 Å². The number of unbranched alkanes of at least 4 members (excludes halogenated alkanes) is 1. The summed E-state index contributed by atoms with van der Waals surface area (Å²) in [7, 11) is 4.41. The monoisotopic (exact) mass is 400 g/mol. The summed E-state index contributed by atoms with van der Waals surface area (Å²) >= 11 is 0. The first-order valence-corrected chi connectivity index (χ1v) is 9.27. The van der Waals surface area contributed by atoms with E-state index >= 15 is 0 Å². The zero-order valence-electron chi connectivity index (χ0n) is 16.9. The fourth-order valence-electron chi connectivity index (χ4n) is 3.33. The van der Waals surface area contributed by atoms with Gasteiger partial charge in [-0.05, 0) is 31.0 Å². The van der Waals surface area contributed by atoms with Gasteiger partial charge in [-0.3, -0.25) is 4.79 Å². The Balaban J connectivity index is 2.28. The third kappa shape index (κ3) is 3.55. The van der Waals surface area contributed by atoms with Gasteiger partial charge in [-0.1, -0.05) is 13.3 Å². The molecule has 7 heteroatoms. The lowest BCUT2D eigenvalue weighted by atomic mass is 10.0. The van der Waals surface area contributed by atoms with Crippen molar-refractivity contribution >= 4 is 11.0 Å². The minimum atomic E-state index is -0.634. The quantitative estimate of drug-likeness (QED) is 0.612. The number of ether oxygens (including phenoxy) is 3. The third-order valence-electron chi connectivity index (χ3n) is 4.82. The van der Waals surface area contributed by atoms with Gasteiger partial charge in [-0.15, -0.1) is 0 Å². The highest BCUT2D eigenvalue weighted by atomic mass is 16.5. The van der Waals surface area contributed by atoms with Crippen LogP contribution in [0.3, 0.4) is 0 Å². The summed E-state index contributed by atoms with van der Waals surface area (Å²) in [6.45, 7) is 2.03. The number of hydrogen-bond acceptors (Lipinski definition) is 7. The molecule has 3 rings (SSSR count). The molecule has 0 amide bonds. The van der Waals surface area contributed by atoms with E-state index in [1.54, 1.807) is 18.2 Å². The largest absolute Gasteiger partial charge is 0.507 e. The molecule has 2 N–H and O–H groups in total. The molecular weight excluding hydrogens is 376 g/mol. The number of methoxy groups -OCH3 is 3. The van der Waals surface area contributed by atoms with E-state index in [0.29, 0.717) is 29.0 Å². The van der Waals surface area contributed by atoms with Crippen LogP contribution in [0.25, 0.3) is 22.3 Å². The zero-order chi connectivity index (χ0) is 21.1. The molecule has 2 aromatic carbocycles. The molecule has 0 saturated heterocycles. The summed E-state index contributed by atoms with van der Waals surface area (Å²) in [4.78, 5) is 13.0. The lowest BCUT2D eigenvalue weighted by Gasteiger charge is -2.15. The Bertz CT molecular complexity index is 1100. The van der Waals surface area contributed by atoms with Gasteiger partial charge in [0.2, 0.25) is 11.2 Å². The van der Waals surface area contributed by atoms with Gasteiger partial charge in [0.05, 0.1) is 21.3 Å². The Morgan fingerprint density at radius 2 is 1.72 bits per heavy atom. The summed E-state index contributed by atoms with van der Waals surface area (Å²) < 4.78 is 21.7.